The number of amides is 2. The summed E-state index contributed by atoms with van der Waals surface area (Å²) in [5.41, 5.74) is 1.70. The van der Waals surface area contributed by atoms with Crippen molar-refractivity contribution in [1.82, 2.24) is 34.3 Å². The summed E-state index contributed by atoms with van der Waals surface area (Å²) in [6, 6.07) is -0.116. The Balaban J connectivity index is 1.48. The van der Waals surface area contributed by atoms with Crippen LogP contribution in [0, 0.1) is 12.8 Å². The van der Waals surface area contributed by atoms with Gasteiger partial charge in [0.1, 0.15) is 5.82 Å². The lowest BCUT2D eigenvalue weighted by molar-refractivity contribution is -0.125. The van der Waals surface area contributed by atoms with E-state index in [2.05, 4.69) is 34.2 Å². The summed E-state index contributed by atoms with van der Waals surface area (Å²) < 4.78 is 1.85. The number of nitrogens with zero attached hydrogens (tertiary/aromatic N) is 7. The molecule has 11 nitrogen and oxygen atoms in total. The number of carboxylic acid groups (broad SMARTS) is 1. The van der Waals surface area contributed by atoms with Crippen molar-refractivity contribution in [1.29, 1.82) is 0 Å². The number of carbonyl (C=O) groups is 2. The van der Waals surface area contributed by atoms with E-state index in [0.717, 1.165) is 12.1 Å². The van der Waals surface area contributed by atoms with Gasteiger partial charge < -0.3 is 25.1 Å². The van der Waals surface area contributed by atoms with Crippen molar-refractivity contribution in [2.24, 2.45) is 5.92 Å². The van der Waals surface area contributed by atoms with Crippen LogP contribution in [-0.4, -0.2) is 104 Å². The molecule has 36 heavy (non-hydrogen) atoms. The molecule has 2 aromatic rings. The van der Waals surface area contributed by atoms with E-state index in [1.165, 1.54) is 0 Å². The minimum atomic E-state index is -0.899. The third-order valence-electron chi connectivity index (χ3n) is 7.13. The Morgan fingerprint density at radius 1 is 1.28 bits per heavy atom. The molecule has 0 spiro atoms. The summed E-state index contributed by atoms with van der Waals surface area (Å²) in [5.74, 6) is 1.69. The van der Waals surface area contributed by atoms with Gasteiger partial charge in [-0.05, 0) is 52.1 Å². The molecule has 2 aliphatic rings. The number of nitrogens with one attached hydrogen (secondary N) is 1. The Labute approximate surface area is 212 Å². The highest BCUT2D eigenvalue weighted by Crippen LogP contribution is 2.32. The van der Waals surface area contributed by atoms with Crippen LogP contribution in [0.1, 0.15) is 50.5 Å². The van der Waals surface area contributed by atoms with Gasteiger partial charge in [0.05, 0.1) is 11.9 Å². The normalized spacial score (nSPS) is 22.9. The van der Waals surface area contributed by atoms with Gasteiger partial charge in [-0.3, -0.25) is 4.79 Å². The molecule has 0 radical (unpaired) electrons. The van der Waals surface area contributed by atoms with Gasteiger partial charge in [0.2, 0.25) is 5.91 Å². The molecule has 196 valence electrons. The first-order valence-electron chi connectivity index (χ1n) is 12.7. The molecule has 2 saturated heterocycles. The largest absolute Gasteiger partial charge is 0.465 e. The fraction of sp³-hybridized carbons (Fsp3) is 0.640. The number of fused-ring (bicyclic) bond motifs is 1. The number of carbonyl (C=O) groups excluding carboxylic acids is 1. The van der Waals surface area contributed by atoms with Gasteiger partial charge in [0.15, 0.2) is 11.5 Å². The van der Waals surface area contributed by atoms with Crippen molar-refractivity contribution < 1.29 is 14.7 Å². The zero-order chi connectivity index (χ0) is 26.0. The number of hydrogen-bond donors (Lipinski definition) is 2. The molecule has 0 aromatic carbocycles. The van der Waals surface area contributed by atoms with E-state index < -0.39 is 6.09 Å². The first-order chi connectivity index (χ1) is 17.1. The van der Waals surface area contributed by atoms with E-state index in [0.29, 0.717) is 56.3 Å². The van der Waals surface area contributed by atoms with Gasteiger partial charge in [-0.2, -0.15) is 5.10 Å². The minimum absolute atomic E-state index is 0.00849. The van der Waals surface area contributed by atoms with Gasteiger partial charge in [-0.25, -0.2) is 19.3 Å². The van der Waals surface area contributed by atoms with Crippen molar-refractivity contribution in [3.05, 3.63) is 29.9 Å². The third kappa shape index (κ3) is 5.61. The molecule has 2 aliphatic heterocycles. The van der Waals surface area contributed by atoms with Crippen LogP contribution in [0.15, 0.2) is 18.3 Å². The van der Waals surface area contributed by atoms with Crippen molar-refractivity contribution in [2.45, 2.75) is 58.0 Å². The number of hydrogen-bond acceptors (Lipinski definition) is 7. The van der Waals surface area contributed by atoms with Gasteiger partial charge in [-0.1, -0.05) is 19.9 Å². The van der Waals surface area contributed by atoms with Crippen LogP contribution in [-0.2, 0) is 4.79 Å². The molecule has 0 aliphatic carbocycles. The fourth-order valence-corrected chi connectivity index (χ4v) is 5.27. The van der Waals surface area contributed by atoms with E-state index in [-0.39, 0.29) is 29.8 Å². The first kappa shape index (κ1) is 25.9. The quantitative estimate of drug-likeness (QED) is 0.559. The highest BCUT2D eigenvalue weighted by Gasteiger charge is 2.40. The Kier molecular flexibility index (Phi) is 7.77. The molecule has 11 heteroatoms. The van der Waals surface area contributed by atoms with E-state index in [4.69, 9.17) is 0 Å². The van der Waals surface area contributed by atoms with Crippen LogP contribution in [0.3, 0.4) is 0 Å². The second-order valence-corrected chi connectivity index (χ2v) is 10.5. The molecule has 2 aromatic heterocycles. The molecule has 2 N–H and O–H groups in total. The average molecular weight is 499 g/mol. The first-order valence-corrected chi connectivity index (χ1v) is 12.7. The summed E-state index contributed by atoms with van der Waals surface area (Å²) in [7, 11) is 3.91. The number of likely N-dealkylation sites (N-methyl/N-ethyl adjacent to an activating group) is 1. The van der Waals surface area contributed by atoms with Gasteiger partial charge in [0, 0.05) is 44.3 Å². The van der Waals surface area contributed by atoms with Crippen LogP contribution < -0.4 is 5.32 Å². The zero-order valence-electron chi connectivity index (χ0n) is 21.9. The van der Waals surface area contributed by atoms with Crippen molar-refractivity contribution in [2.75, 3.05) is 45.6 Å². The molecule has 0 bridgehead atoms. The van der Waals surface area contributed by atoms with Gasteiger partial charge in [0.25, 0.3) is 0 Å². The molecule has 4 rings (SSSR count). The Morgan fingerprint density at radius 2 is 2.06 bits per heavy atom. The lowest BCUT2D eigenvalue weighted by atomic mass is 9.87. The number of imidazole rings is 1. The lowest BCUT2D eigenvalue weighted by Gasteiger charge is -2.41. The Bertz CT molecular complexity index is 1130. The molecule has 0 saturated carbocycles. The van der Waals surface area contributed by atoms with Crippen LogP contribution in [0.5, 0.6) is 0 Å². The average Bonchev–Trinajstić information content (AvgIpc) is 3.46. The summed E-state index contributed by atoms with van der Waals surface area (Å²) in [6.45, 7) is 8.44. The third-order valence-corrected chi connectivity index (χ3v) is 7.13. The summed E-state index contributed by atoms with van der Waals surface area (Å²) >= 11 is 0. The number of aromatic nitrogens is 4. The second-order valence-electron chi connectivity index (χ2n) is 10.5. The fourth-order valence-electron chi connectivity index (χ4n) is 5.27. The minimum Gasteiger partial charge on any atom is -0.465 e. The van der Waals surface area contributed by atoms with Crippen LogP contribution in [0.4, 0.5) is 10.6 Å². The molecule has 2 fully saturated rings. The van der Waals surface area contributed by atoms with Crippen LogP contribution in [0.2, 0.25) is 0 Å². The summed E-state index contributed by atoms with van der Waals surface area (Å²) in [6.07, 6.45) is 6.56. The topological polar surface area (TPSA) is 119 Å². The molecule has 2 amide bonds. The Morgan fingerprint density at radius 3 is 2.75 bits per heavy atom. The van der Waals surface area contributed by atoms with Crippen LogP contribution >= 0.6 is 0 Å². The standard InChI is InChI=1S/C25H38N8O3/c1-16(2)21-14-26-24-23(27-17(3)29-33(21)24)28-19-9-12-32(25(35)36)20(13-19)18-8-11-31(15-18)22(34)7-6-10-30(4)5/h6-7,14,16,18-20H,8-13,15H2,1-5H3,(H,35,36)(H,27,28,29)/b7-6+. The van der Waals surface area contributed by atoms with E-state index in [9.17, 15) is 14.7 Å². The van der Waals surface area contributed by atoms with Crippen LogP contribution in [0.25, 0.3) is 5.65 Å². The highest BCUT2D eigenvalue weighted by atomic mass is 16.4. The monoisotopic (exact) mass is 498 g/mol. The highest BCUT2D eigenvalue weighted by molar-refractivity contribution is 5.87. The number of rotatable bonds is 7. The molecule has 3 atom stereocenters. The maximum Gasteiger partial charge on any atom is 0.407 e. The van der Waals surface area contributed by atoms with Gasteiger partial charge >= 0.3 is 6.09 Å². The molecular weight excluding hydrogens is 460 g/mol. The predicted octanol–water partition coefficient (Wildman–Crippen LogP) is 2.45. The van der Waals surface area contributed by atoms with E-state index in [1.807, 2.05) is 47.6 Å². The zero-order valence-corrected chi connectivity index (χ0v) is 21.9. The molecule has 4 heterocycles. The number of piperidine rings is 1. The smallest absolute Gasteiger partial charge is 0.407 e. The van der Waals surface area contributed by atoms with Gasteiger partial charge in [-0.15, -0.1) is 0 Å². The maximum absolute atomic E-state index is 12.6. The molecular formula is C25H38N8O3. The molecule has 3 unspecified atom stereocenters. The predicted molar refractivity (Wildman–Crippen MR) is 137 cm³/mol. The second kappa shape index (κ2) is 10.8. The van der Waals surface area contributed by atoms with E-state index in [1.54, 1.807) is 11.0 Å². The van der Waals surface area contributed by atoms with Crippen molar-refractivity contribution >= 4 is 23.5 Å². The number of aryl methyl sites for hydroxylation is 1. The van der Waals surface area contributed by atoms with E-state index >= 15 is 0 Å². The number of anilines is 1. The summed E-state index contributed by atoms with van der Waals surface area (Å²) in [4.78, 5) is 39.3. The SMILES string of the molecule is Cc1nc(NC2CCN(C(=O)O)C(C3CCN(C(=O)/C=C/CN(C)C)C3)C2)c2ncc(C(C)C)n2n1. The lowest BCUT2D eigenvalue weighted by Crippen LogP contribution is -2.52. The number of likely N-dealkylation sites (tertiary alicyclic amines) is 2. The van der Waals surface area contributed by atoms with Crippen molar-refractivity contribution in [3.63, 3.8) is 0 Å². The maximum atomic E-state index is 12.6. The Hall–Kier alpha value is -3.21. The van der Waals surface area contributed by atoms with Crippen molar-refractivity contribution in [3.8, 4) is 0 Å². The summed E-state index contributed by atoms with van der Waals surface area (Å²) in [5, 5.41) is 18.0.